The lowest BCUT2D eigenvalue weighted by Gasteiger charge is -2.33. The van der Waals surface area contributed by atoms with Gasteiger partial charge in [0.2, 0.25) is 5.91 Å². The Labute approximate surface area is 101 Å². The van der Waals surface area contributed by atoms with Gasteiger partial charge in [-0.05, 0) is 19.9 Å². The number of para-hydroxylation sites is 1. The summed E-state index contributed by atoms with van der Waals surface area (Å²) in [6, 6.07) is 8.11. The summed E-state index contributed by atoms with van der Waals surface area (Å²) in [7, 11) is 0. The zero-order valence-electron chi connectivity index (χ0n) is 10.1. The molecule has 2 heterocycles. The second-order valence-electron chi connectivity index (χ2n) is 4.86. The van der Waals surface area contributed by atoms with E-state index in [0.29, 0.717) is 13.2 Å². The lowest BCUT2D eigenvalue weighted by Crippen LogP contribution is -2.44. The number of fused-ring (bicyclic) bond motifs is 3. The summed E-state index contributed by atoms with van der Waals surface area (Å²) < 4.78 is 5.95. The van der Waals surface area contributed by atoms with Gasteiger partial charge in [-0.15, -0.1) is 0 Å². The lowest BCUT2D eigenvalue weighted by atomic mass is 10.0. The molecule has 3 rings (SSSR count). The molecule has 4 nitrogen and oxygen atoms in total. The number of rotatable bonds is 0. The number of benzene rings is 1. The number of ether oxygens (including phenoxy) is 1. The van der Waals surface area contributed by atoms with Crippen LogP contribution in [0.1, 0.15) is 19.4 Å². The van der Waals surface area contributed by atoms with Crippen LogP contribution in [0.25, 0.3) is 0 Å². The van der Waals surface area contributed by atoms with E-state index in [9.17, 15) is 4.79 Å². The lowest BCUT2D eigenvalue weighted by molar-refractivity contribution is -0.123. The largest absolute Gasteiger partial charge is 0.355 e. The summed E-state index contributed by atoms with van der Waals surface area (Å²) >= 11 is 0. The van der Waals surface area contributed by atoms with Crippen LogP contribution in [-0.4, -0.2) is 30.0 Å². The van der Waals surface area contributed by atoms with Gasteiger partial charge in [-0.1, -0.05) is 18.2 Å². The van der Waals surface area contributed by atoms with Crippen LogP contribution in [0.5, 0.6) is 0 Å². The highest BCUT2D eigenvalue weighted by molar-refractivity contribution is 5.94. The van der Waals surface area contributed by atoms with Crippen LogP contribution in [0.2, 0.25) is 0 Å². The van der Waals surface area contributed by atoms with Crippen molar-refractivity contribution < 1.29 is 9.53 Å². The molecule has 2 aliphatic rings. The van der Waals surface area contributed by atoms with Gasteiger partial charge in [-0.3, -0.25) is 9.69 Å². The summed E-state index contributed by atoms with van der Waals surface area (Å²) in [4.78, 5) is 14.0. The van der Waals surface area contributed by atoms with Gasteiger partial charge in [0.15, 0.2) is 0 Å². The summed E-state index contributed by atoms with van der Waals surface area (Å²) in [5, 5.41) is 2.94. The maximum absolute atomic E-state index is 11.9. The van der Waals surface area contributed by atoms with E-state index >= 15 is 0 Å². The Morgan fingerprint density at radius 2 is 2.24 bits per heavy atom. The summed E-state index contributed by atoms with van der Waals surface area (Å²) in [6.45, 7) is 5.17. The number of amides is 1. The van der Waals surface area contributed by atoms with Gasteiger partial charge in [-0.25, -0.2) is 0 Å². The van der Waals surface area contributed by atoms with Gasteiger partial charge in [0, 0.05) is 17.3 Å². The number of nitrogens with one attached hydrogen (secondary N) is 1. The predicted octanol–water partition coefficient (Wildman–Crippen LogP) is 1.53. The number of hydrogen-bond donors (Lipinski definition) is 1. The first-order valence-corrected chi connectivity index (χ1v) is 5.91. The molecule has 0 saturated carbocycles. The van der Waals surface area contributed by atoms with Crippen molar-refractivity contribution in [2.75, 3.05) is 18.5 Å². The second-order valence-corrected chi connectivity index (χ2v) is 4.86. The molecule has 0 unspecified atom stereocenters. The van der Waals surface area contributed by atoms with Crippen molar-refractivity contribution in [2.45, 2.75) is 25.6 Å². The molecule has 1 aromatic rings. The zero-order chi connectivity index (χ0) is 12.0. The van der Waals surface area contributed by atoms with Gasteiger partial charge in [0.25, 0.3) is 0 Å². The van der Waals surface area contributed by atoms with E-state index in [0.717, 1.165) is 11.3 Å². The third-order valence-electron chi connectivity index (χ3n) is 3.70. The van der Waals surface area contributed by atoms with Gasteiger partial charge in [-0.2, -0.15) is 0 Å². The van der Waals surface area contributed by atoms with E-state index in [1.54, 1.807) is 0 Å². The summed E-state index contributed by atoms with van der Waals surface area (Å²) in [5.74, 6) is 0.0264. The maximum atomic E-state index is 11.9. The molecule has 1 N–H and O–H groups in total. The quantitative estimate of drug-likeness (QED) is 0.737. The van der Waals surface area contributed by atoms with E-state index in [4.69, 9.17) is 4.74 Å². The predicted molar refractivity (Wildman–Crippen MR) is 64.5 cm³/mol. The van der Waals surface area contributed by atoms with Crippen LogP contribution < -0.4 is 5.32 Å². The molecule has 1 fully saturated rings. The van der Waals surface area contributed by atoms with Crippen LogP contribution in [-0.2, 0) is 15.3 Å². The van der Waals surface area contributed by atoms with Crippen LogP contribution in [0, 0.1) is 0 Å². The normalized spacial score (nSPS) is 32.6. The van der Waals surface area contributed by atoms with Crippen LogP contribution in [0.15, 0.2) is 24.3 Å². The van der Waals surface area contributed by atoms with E-state index < -0.39 is 5.72 Å². The Bertz CT molecular complexity index is 474. The molecule has 0 aromatic heterocycles. The Morgan fingerprint density at radius 1 is 1.47 bits per heavy atom. The molecular formula is C13H16N2O2. The molecular weight excluding hydrogens is 216 g/mol. The first-order chi connectivity index (χ1) is 8.11. The van der Waals surface area contributed by atoms with E-state index in [2.05, 4.69) is 17.1 Å². The minimum absolute atomic E-state index is 0.0264. The van der Waals surface area contributed by atoms with Crippen molar-refractivity contribution in [1.82, 2.24) is 4.90 Å². The Balaban J connectivity index is 2.17. The average Bonchev–Trinajstić information content (AvgIpc) is 2.54. The molecule has 1 amide bonds. The van der Waals surface area contributed by atoms with Crippen LogP contribution in [0.3, 0.4) is 0 Å². The molecule has 1 aromatic carbocycles. The summed E-state index contributed by atoms with van der Waals surface area (Å²) in [5.41, 5.74) is 1.40. The van der Waals surface area contributed by atoms with Gasteiger partial charge >= 0.3 is 0 Å². The summed E-state index contributed by atoms with van der Waals surface area (Å²) in [6.07, 6.45) is 0. The smallest absolute Gasteiger partial charge is 0.238 e. The van der Waals surface area contributed by atoms with E-state index in [1.165, 1.54) is 0 Å². The molecule has 90 valence electrons. The maximum Gasteiger partial charge on any atom is 0.238 e. The third kappa shape index (κ3) is 1.48. The standard InChI is InChI=1S/C13H16N2O2/c1-9-8-17-13(2)10-5-3-4-6-11(10)14-12(16)7-15(9)13/h3-6,9H,7-8H2,1-2H3,(H,14,16)/t9-,13+/m1/s1. The molecule has 0 radical (unpaired) electrons. The first-order valence-electron chi connectivity index (χ1n) is 5.91. The van der Waals surface area contributed by atoms with E-state index in [1.807, 2.05) is 31.2 Å². The minimum Gasteiger partial charge on any atom is -0.355 e. The molecule has 0 aliphatic carbocycles. The number of carbonyl (C=O) groups is 1. The molecule has 0 bridgehead atoms. The monoisotopic (exact) mass is 232 g/mol. The minimum atomic E-state index is -0.491. The molecule has 1 saturated heterocycles. The van der Waals surface area contributed by atoms with Crippen LogP contribution >= 0.6 is 0 Å². The number of nitrogens with zero attached hydrogens (tertiary/aromatic N) is 1. The third-order valence-corrected chi connectivity index (χ3v) is 3.70. The van der Waals surface area contributed by atoms with Crippen molar-refractivity contribution in [3.8, 4) is 0 Å². The molecule has 2 aliphatic heterocycles. The van der Waals surface area contributed by atoms with Gasteiger partial charge in [0.05, 0.1) is 13.2 Å². The van der Waals surface area contributed by atoms with Crippen molar-refractivity contribution in [3.63, 3.8) is 0 Å². The SMILES string of the molecule is C[C@@H]1CO[C@@]2(C)c3ccccc3NC(=O)CN12. The highest BCUT2D eigenvalue weighted by Crippen LogP contribution is 2.41. The second kappa shape index (κ2) is 3.55. The van der Waals surface area contributed by atoms with Crippen molar-refractivity contribution in [2.24, 2.45) is 0 Å². The van der Waals surface area contributed by atoms with Crippen LogP contribution in [0.4, 0.5) is 5.69 Å². The number of hydrogen-bond acceptors (Lipinski definition) is 3. The number of carbonyl (C=O) groups excluding carboxylic acids is 1. The molecule has 4 heteroatoms. The Morgan fingerprint density at radius 3 is 3.06 bits per heavy atom. The van der Waals surface area contributed by atoms with Crippen molar-refractivity contribution >= 4 is 11.6 Å². The van der Waals surface area contributed by atoms with Gasteiger partial charge in [0.1, 0.15) is 5.72 Å². The highest BCUT2D eigenvalue weighted by Gasteiger charge is 2.47. The fourth-order valence-electron chi connectivity index (χ4n) is 2.76. The molecule has 17 heavy (non-hydrogen) atoms. The highest BCUT2D eigenvalue weighted by atomic mass is 16.5. The van der Waals surface area contributed by atoms with Crippen molar-refractivity contribution in [1.29, 1.82) is 0 Å². The van der Waals surface area contributed by atoms with Crippen molar-refractivity contribution in [3.05, 3.63) is 29.8 Å². The average molecular weight is 232 g/mol. The molecule has 2 atom stereocenters. The zero-order valence-corrected chi connectivity index (χ0v) is 10.1. The van der Waals surface area contributed by atoms with E-state index in [-0.39, 0.29) is 11.9 Å². The Hall–Kier alpha value is -1.39. The topological polar surface area (TPSA) is 41.6 Å². The fraction of sp³-hybridized carbons (Fsp3) is 0.462. The molecule has 0 spiro atoms. The number of anilines is 1. The Kier molecular flexibility index (Phi) is 2.24. The fourth-order valence-corrected chi connectivity index (χ4v) is 2.76. The van der Waals surface area contributed by atoms with Gasteiger partial charge < -0.3 is 10.1 Å². The first kappa shape index (κ1) is 10.7.